The van der Waals surface area contributed by atoms with Crippen molar-refractivity contribution in [2.45, 2.75) is 13.8 Å². The van der Waals surface area contributed by atoms with Crippen molar-refractivity contribution in [3.8, 4) is 0 Å². The van der Waals surface area contributed by atoms with Crippen molar-refractivity contribution in [3.05, 3.63) is 30.3 Å². The lowest BCUT2D eigenvalue weighted by atomic mass is 10.4. The molecule has 6 nitrogen and oxygen atoms in total. The molecule has 0 atom stereocenters. The van der Waals surface area contributed by atoms with E-state index in [2.05, 4.69) is 58.4 Å². The van der Waals surface area contributed by atoms with E-state index >= 15 is 0 Å². The Labute approximate surface area is 168 Å². The third-order valence-electron chi connectivity index (χ3n) is 5.13. The van der Waals surface area contributed by atoms with E-state index in [1.54, 1.807) is 0 Å². The number of rotatable bonds is 5. The summed E-state index contributed by atoms with van der Waals surface area (Å²) in [6, 6.07) is 10.7. The van der Waals surface area contributed by atoms with Crippen molar-refractivity contribution in [2.24, 2.45) is 4.74 Å². The second-order valence-electron chi connectivity index (χ2n) is 6.59. The molecule has 0 spiro atoms. The molecule has 0 N–H and O–H groups in total. The average molecular weight is 411 g/mol. The monoisotopic (exact) mass is 410 g/mol. The molecule has 1 aromatic rings. The molecule has 2 fully saturated rings. The fourth-order valence-electron chi connectivity index (χ4n) is 3.66. The van der Waals surface area contributed by atoms with Crippen molar-refractivity contribution >= 4 is 30.0 Å². The standard InChI is InChI=1S/C19H31N4O2PS/c1-3-21(4-2)19(27)20-26(18-8-6-5-7-9-18,22-10-14-24-15-11-22)23-12-16-25-17-13-23/h5-9H,3-4,10-17H2,1-2H3. The van der Waals surface area contributed by atoms with Crippen LogP contribution in [0, 0.1) is 0 Å². The lowest BCUT2D eigenvalue weighted by molar-refractivity contribution is 0.0579. The molecule has 0 amide bonds. The summed E-state index contributed by atoms with van der Waals surface area (Å²) in [4.78, 5) is 2.17. The van der Waals surface area contributed by atoms with E-state index in [1.807, 2.05) is 0 Å². The Morgan fingerprint density at radius 2 is 1.44 bits per heavy atom. The third kappa shape index (κ3) is 4.61. The van der Waals surface area contributed by atoms with Gasteiger partial charge in [-0.2, -0.15) is 0 Å². The van der Waals surface area contributed by atoms with E-state index in [0.717, 1.165) is 70.8 Å². The number of ether oxygens (including phenoxy) is 2. The SMILES string of the molecule is CCN(CC)C(=S)N=P(c1ccccc1)(N1CCOCC1)N1CCOCC1. The molecule has 3 rings (SSSR count). The minimum Gasteiger partial charge on any atom is -0.379 e. The lowest BCUT2D eigenvalue weighted by Gasteiger charge is -2.47. The number of thiocarbonyl (C=S) groups is 1. The highest BCUT2D eigenvalue weighted by Crippen LogP contribution is 2.56. The first-order chi connectivity index (χ1) is 13.2. The van der Waals surface area contributed by atoms with Gasteiger partial charge in [-0.3, -0.25) is 0 Å². The van der Waals surface area contributed by atoms with Gasteiger partial charge in [-0.05, 0) is 26.1 Å². The highest BCUT2D eigenvalue weighted by atomic mass is 32.1. The Bertz CT molecular complexity index is 635. The molecule has 1 aromatic carbocycles. The molecule has 0 unspecified atom stereocenters. The number of hydrogen-bond donors (Lipinski definition) is 0. The summed E-state index contributed by atoms with van der Waals surface area (Å²) in [6.45, 7) is 12.5. The molecule has 0 bridgehead atoms. The average Bonchev–Trinajstić information content (AvgIpc) is 2.75. The molecule has 27 heavy (non-hydrogen) atoms. The third-order valence-corrected chi connectivity index (χ3v) is 9.45. The fourth-order valence-corrected chi connectivity index (χ4v) is 8.02. The Hall–Kier alpha value is -0.820. The van der Waals surface area contributed by atoms with E-state index in [4.69, 9.17) is 26.4 Å². The van der Waals surface area contributed by atoms with Gasteiger partial charge >= 0.3 is 0 Å². The number of nitrogens with zero attached hydrogens (tertiary/aromatic N) is 4. The maximum Gasteiger partial charge on any atom is 0.196 e. The quantitative estimate of drug-likeness (QED) is 0.549. The second-order valence-corrected chi connectivity index (χ2v) is 9.94. The van der Waals surface area contributed by atoms with Crippen molar-refractivity contribution in [3.63, 3.8) is 0 Å². The molecule has 2 aliphatic heterocycles. The number of hydrogen-bond acceptors (Lipinski definition) is 3. The van der Waals surface area contributed by atoms with Gasteiger partial charge in [-0.1, -0.05) is 30.3 Å². The van der Waals surface area contributed by atoms with Crippen LogP contribution in [0.4, 0.5) is 0 Å². The highest BCUT2D eigenvalue weighted by Gasteiger charge is 2.38. The van der Waals surface area contributed by atoms with Crippen LogP contribution in [0.25, 0.3) is 0 Å². The Morgan fingerprint density at radius 3 is 1.89 bits per heavy atom. The lowest BCUT2D eigenvalue weighted by Crippen LogP contribution is -2.47. The number of morpholine rings is 2. The van der Waals surface area contributed by atoms with Gasteiger partial charge in [0.15, 0.2) is 5.11 Å². The van der Waals surface area contributed by atoms with Crippen molar-refractivity contribution in [1.29, 1.82) is 0 Å². The normalized spacial score (nSPS) is 19.6. The first-order valence-corrected chi connectivity index (χ1v) is 11.9. The van der Waals surface area contributed by atoms with E-state index < -0.39 is 7.36 Å². The molecule has 0 aromatic heterocycles. The molecule has 0 aliphatic carbocycles. The predicted molar refractivity (Wildman–Crippen MR) is 116 cm³/mol. The summed E-state index contributed by atoms with van der Waals surface area (Å²) in [6.07, 6.45) is 0. The zero-order valence-electron chi connectivity index (χ0n) is 16.4. The van der Waals surface area contributed by atoms with Crippen LogP contribution in [0.5, 0.6) is 0 Å². The van der Waals surface area contributed by atoms with Crippen molar-refractivity contribution in [1.82, 2.24) is 14.2 Å². The summed E-state index contributed by atoms with van der Waals surface area (Å²) in [5, 5.41) is 1.98. The van der Waals surface area contributed by atoms with Crippen LogP contribution in [0.1, 0.15) is 13.8 Å². The van der Waals surface area contributed by atoms with Crippen LogP contribution in [-0.2, 0) is 9.47 Å². The fraction of sp³-hybridized carbons (Fsp3) is 0.632. The maximum atomic E-state index is 5.83. The molecule has 0 radical (unpaired) electrons. The summed E-state index contributed by atoms with van der Waals surface area (Å²) in [7, 11) is -2.19. The van der Waals surface area contributed by atoms with Crippen LogP contribution in [0.3, 0.4) is 0 Å². The van der Waals surface area contributed by atoms with Crippen LogP contribution in [0.15, 0.2) is 35.1 Å². The molecular formula is C19H31N4O2PS. The molecule has 150 valence electrons. The Morgan fingerprint density at radius 1 is 0.963 bits per heavy atom. The first kappa shape index (κ1) is 20.9. The van der Waals surface area contributed by atoms with Gasteiger partial charge in [0.2, 0.25) is 0 Å². The smallest absolute Gasteiger partial charge is 0.196 e. The highest BCUT2D eigenvalue weighted by molar-refractivity contribution is 7.81. The van der Waals surface area contributed by atoms with Gasteiger partial charge in [0.05, 0.1) is 26.4 Å². The topological polar surface area (TPSA) is 40.5 Å². The minimum absolute atomic E-state index is 0.718. The largest absolute Gasteiger partial charge is 0.379 e. The molecule has 8 heteroatoms. The van der Waals surface area contributed by atoms with Gasteiger partial charge in [0.25, 0.3) is 0 Å². The van der Waals surface area contributed by atoms with Gasteiger partial charge in [-0.25, -0.2) is 14.1 Å². The summed E-state index contributed by atoms with van der Waals surface area (Å²) in [5.41, 5.74) is 0. The molecule has 2 aliphatic rings. The zero-order valence-corrected chi connectivity index (χ0v) is 18.1. The van der Waals surface area contributed by atoms with Crippen molar-refractivity contribution < 1.29 is 9.47 Å². The maximum absolute atomic E-state index is 5.83. The van der Waals surface area contributed by atoms with Gasteiger partial charge in [-0.15, -0.1) is 0 Å². The molecule has 2 saturated heterocycles. The summed E-state index contributed by atoms with van der Waals surface area (Å²) < 4.78 is 21.8. The Kier molecular flexibility index (Phi) is 7.82. The zero-order chi connectivity index (χ0) is 19.1. The predicted octanol–water partition coefficient (Wildman–Crippen LogP) is 2.63. The van der Waals surface area contributed by atoms with E-state index in [0.29, 0.717) is 0 Å². The minimum atomic E-state index is -2.19. The Balaban J connectivity index is 2.15. The van der Waals surface area contributed by atoms with Crippen molar-refractivity contribution in [2.75, 3.05) is 65.7 Å². The van der Waals surface area contributed by atoms with Crippen LogP contribution in [-0.4, -0.2) is 85.0 Å². The van der Waals surface area contributed by atoms with Gasteiger partial charge in [0.1, 0.15) is 7.36 Å². The molecule has 2 heterocycles. The second kappa shape index (κ2) is 10.1. The molecular weight excluding hydrogens is 379 g/mol. The van der Waals surface area contributed by atoms with Crippen LogP contribution < -0.4 is 5.30 Å². The van der Waals surface area contributed by atoms with Gasteiger partial charge < -0.3 is 14.4 Å². The van der Waals surface area contributed by atoms with E-state index in [9.17, 15) is 0 Å². The molecule has 0 saturated carbocycles. The summed E-state index contributed by atoms with van der Waals surface area (Å²) in [5.74, 6) is 0. The van der Waals surface area contributed by atoms with E-state index in [1.165, 1.54) is 5.30 Å². The summed E-state index contributed by atoms with van der Waals surface area (Å²) >= 11 is 5.83. The van der Waals surface area contributed by atoms with Crippen LogP contribution in [0.2, 0.25) is 0 Å². The first-order valence-electron chi connectivity index (χ1n) is 9.85. The van der Waals surface area contributed by atoms with E-state index in [-0.39, 0.29) is 0 Å². The van der Waals surface area contributed by atoms with Crippen LogP contribution >= 0.6 is 19.6 Å². The number of benzene rings is 1. The van der Waals surface area contributed by atoms with Gasteiger partial charge in [0, 0.05) is 44.6 Å².